The summed E-state index contributed by atoms with van der Waals surface area (Å²) in [5.41, 5.74) is 1.88. The second-order valence-corrected chi connectivity index (χ2v) is 6.77. The van der Waals surface area contributed by atoms with Gasteiger partial charge in [-0.05, 0) is 18.2 Å². The van der Waals surface area contributed by atoms with E-state index in [9.17, 15) is 5.21 Å². The number of aromatic nitrogens is 1. The highest BCUT2D eigenvalue weighted by atomic mass is 35.5. The first-order valence-corrected chi connectivity index (χ1v) is 7.67. The lowest BCUT2D eigenvalue weighted by Crippen LogP contribution is -2.30. The number of rotatable bonds is 1. The number of nitrogens with zero attached hydrogens (tertiary/aromatic N) is 1. The molecule has 0 bridgehead atoms. The number of ether oxygens (including phenoxy) is 1. The molecule has 1 aromatic heterocycles. The molecule has 0 atom stereocenters. The van der Waals surface area contributed by atoms with E-state index >= 15 is 0 Å². The average Bonchev–Trinajstić information content (AvgIpc) is 2.60. The molecule has 0 saturated heterocycles. The molecule has 0 fully saturated rings. The number of halogens is 2. The predicted molar refractivity (Wildman–Crippen MR) is 88.2 cm³/mol. The molecule has 22 heavy (non-hydrogen) atoms. The largest absolute Gasteiger partial charge is 0.618 e. The van der Waals surface area contributed by atoms with Gasteiger partial charge in [-0.1, -0.05) is 43.1 Å². The van der Waals surface area contributed by atoms with Crippen molar-refractivity contribution >= 4 is 28.8 Å². The molecule has 0 unspecified atom stereocenters. The molecule has 0 spiro atoms. The van der Waals surface area contributed by atoms with Crippen molar-refractivity contribution in [2.24, 2.45) is 5.41 Å². The molecular weight excluding hydrogens is 321 g/mol. The van der Waals surface area contributed by atoms with Gasteiger partial charge < -0.3 is 9.94 Å². The quantitative estimate of drug-likeness (QED) is 0.569. The number of pyridine rings is 1. The summed E-state index contributed by atoms with van der Waals surface area (Å²) < 4.78 is 6.73. The van der Waals surface area contributed by atoms with Crippen molar-refractivity contribution in [3.05, 3.63) is 69.1 Å². The summed E-state index contributed by atoms with van der Waals surface area (Å²) in [4.78, 5) is 0. The van der Waals surface area contributed by atoms with E-state index in [0.29, 0.717) is 28.1 Å². The summed E-state index contributed by atoms with van der Waals surface area (Å²) in [7, 11) is 0. The Hall–Kier alpha value is -1.71. The van der Waals surface area contributed by atoms with Gasteiger partial charge in [0.15, 0.2) is 6.20 Å². The second-order valence-electron chi connectivity index (χ2n) is 5.98. The molecule has 0 N–H and O–H groups in total. The van der Waals surface area contributed by atoms with Gasteiger partial charge in [0.2, 0.25) is 5.69 Å². The topological polar surface area (TPSA) is 36.2 Å². The smallest absolute Gasteiger partial charge is 0.224 e. The number of benzene rings is 1. The summed E-state index contributed by atoms with van der Waals surface area (Å²) in [5, 5.41) is 13.0. The van der Waals surface area contributed by atoms with E-state index in [1.165, 1.54) is 6.20 Å². The van der Waals surface area contributed by atoms with E-state index in [-0.39, 0.29) is 5.41 Å². The highest BCUT2D eigenvalue weighted by Crippen LogP contribution is 2.43. The lowest BCUT2D eigenvalue weighted by atomic mass is 9.89. The Kier molecular flexibility index (Phi) is 3.79. The number of hydrogen-bond donors (Lipinski definition) is 0. The Morgan fingerprint density at radius 1 is 1.18 bits per heavy atom. The van der Waals surface area contributed by atoms with Crippen LogP contribution in [-0.2, 0) is 0 Å². The number of fused-ring (bicyclic) bond motifs is 1. The first-order chi connectivity index (χ1) is 10.4. The van der Waals surface area contributed by atoms with Gasteiger partial charge in [0, 0.05) is 23.1 Å². The summed E-state index contributed by atoms with van der Waals surface area (Å²) in [5.74, 6) is 0.523. The molecule has 1 aromatic carbocycles. The second kappa shape index (κ2) is 5.49. The fourth-order valence-electron chi connectivity index (χ4n) is 2.50. The van der Waals surface area contributed by atoms with E-state index in [0.717, 1.165) is 15.9 Å². The van der Waals surface area contributed by atoms with Crippen LogP contribution >= 0.6 is 23.2 Å². The maximum absolute atomic E-state index is 12.2. The summed E-state index contributed by atoms with van der Waals surface area (Å²) in [6.07, 6.45) is 3.53. The normalized spacial score (nSPS) is 16.3. The van der Waals surface area contributed by atoms with Crippen LogP contribution in [-0.4, -0.2) is 6.61 Å². The van der Waals surface area contributed by atoms with E-state index < -0.39 is 0 Å². The Balaban J connectivity index is 2.29. The molecule has 2 heterocycles. The van der Waals surface area contributed by atoms with Gasteiger partial charge in [0.05, 0.1) is 17.2 Å². The van der Waals surface area contributed by atoms with Crippen molar-refractivity contribution in [1.82, 2.24) is 0 Å². The van der Waals surface area contributed by atoms with Gasteiger partial charge >= 0.3 is 0 Å². The minimum absolute atomic E-state index is 0.243. The van der Waals surface area contributed by atoms with Gasteiger partial charge in [0.25, 0.3) is 0 Å². The lowest BCUT2D eigenvalue weighted by molar-refractivity contribution is -0.607. The fourth-order valence-corrected chi connectivity index (χ4v) is 2.87. The zero-order valence-electron chi connectivity index (χ0n) is 12.3. The van der Waals surface area contributed by atoms with E-state index in [2.05, 4.69) is 0 Å². The van der Waals surface area contributed by atoms with Crippen molar-refractivity contribution in [2.45, 2.75) is 13.8 Å². The van der Waals surface area contributed by atoms with Crippen LogP contribution in [0.3, 0.4) is 0 Å². The third-order valence-electron chi connectivity index (χ3n) is 3.56. The zero-order chi connectivity index (χ0) is 15.9. The first-order valence-electron chi connectivity index (χ1n) is 6.92. The van der Waals surface area contributed by atoms with Gasteiger partial charge in [0.1, 0.15) is 10.8 Å². The zero-order valence-corrected chi connectivity index (χ0v) is 13.8. The molecule has 1 aliphatic heterocycles. The standard InChI is InChI=1S/C17H15Cl2NO2/c1-17(2)9-12(14-5-3-4-8-20(14)21)11-6-7-13(18)15(19)16(11)22-10-17/h3-9H,10H2,1-2H3. The highest BCUT2D eigenvalue weighted by Gasteiger charge is 2.29. The maximum atomic E-state index is 12.2. The van der Waals surface area contributed by atoms with Crippen molar-refractivity contribution in [2.75, 3.05) is 6.61 Å². The van der Waals surface area contributed by atoms with Crippen LogP contribution in [0.1, 0.15) is 25.1 Å². The Labute approximate surface area is 139 Å². The summed E-state index contributed by atoms with van der Waals surface area (Å²) in [6, 6.07) is 8.87. The molecule has 0 amide bonds. The van der Waals surface area contributed by atoms with Gasteiger partial charge in [-0.25, -0.2) is 0 Å². The highest BCUT2D eigenvalue weighted by molar-refractivity contribution is 6.43. The van der Waals surface area contributed by atoms with E-state index in [1.54, 1.807) is 18.2 Å². The van der Waals surface area contributed by atoms with Crippen molar-refractivity contribution < 1.29 is 9.47 Å². The average molecular weight is 336 g/mol. The Bertz CT molecular complexity index is 769. The van der Waals surface area contributed by atoms with Crippen molar-refractivity contribution in [3.63, 3.8) is 0 Å². The van der Waals surface area contributed by atoms with Gasteiger partial charge in [-0.2, -0.15) is 4.73 Å². The monoisotopic (exact) mass is 335 g/mol. The molecule has 5 heteroatoms. The van der Waals surface area contributed by atoms with Crippen LogP contribution in [0.15, 0.2) is 42.6 Å². The third kappa shape index (κ3) is 2.67. The molecule has 114 valence electrons. The van der Waals surface area contributed by atoms with Crippen molar-refractivity contribution in [3.8, 4) is 5.75 Å². The summed E-state index contributed by atoms with van der Waals surface area (Å²) >= 11 is 12.4. The maximum Gasteiger partial charge on any atom is 0.224 e. The molecule has 1 aliphatic rings. The molecule has 3 rings (SSSR count). The number of hydrogen-bond acceptors (Lipinski definition) is 2. The lowest BCUT2D eigenvalue weighted by Gasteiger charge is -2.18. The van der Waals surface area contributed by atoms with Gasteiger partial charge in [-0.15, -0.1) is 0 Å². The van der Waals surface area contributed by atoms with Crippen LogP contribution in [0, 0.1) is 10.6 Å². The van der Waals surface area contributed by atoms with E-state index in [1.807, 2.05) is 32.1 Å². The van der Waals surface area contributed by atoms with Crippen LogP contribution in [0.2, 0.25) is 10.0 Å². The third-order valence-corrected chi connectivity index (χ3v) is 4.35. The minimum atomic E-state index is -0.243. The predicted octanol–water partition coefficient (Wildman–Crippen LogP) is 4.48. The van der Waals surface area contributed by atoms with Crippen LogP contribution in [0.4, 0.5) is 0 Å². The molecule has 0 radical (unpaired) electrons. The van der Waals surface area contributed by atoms with Gasteiger partial charge in [-0.3, -0.25) is 0 Å². The van der Waals surface area contributed by atoms with Crippen LogP contribution in [0.5, 0.6) is 5.75 Å². The molecular formula is C17H15Cl2NO2. The molecule has 0 aliphatic carbocycles. The Morgan fingerprint density at radius 2 is 1.95 bits per heavy atom. The van der Waals surface area contributed by atoms with E-state index in [4.69, 9.17) is 27.9 Å². The summed E-state index contributed by atoms with van der Waals surface area (Å²) in [6.45, 7) is 4.55. The minimum Gasteiger partial charge on any atom is -0.618 e. The fraction of sp³-hybridized carbons (Fsp3) is 0.235. The molecule has 0 saturated carbocycles. The Morgan fingerprint density at radius 3 is 2.68 bits per heavy atom. The molecule has 3 nitrogen and oxygen atoms in total. The van der Waals surface area contributed by atoms with Crippen LogP contribution in [0.25, 0.3) is 5.57 Å². The SMILES string of the molecule is CC1(C)C=C(c2cccc[n+]2[O-])c2ccc(Cl)c(Cl)c2OC1. The van der Waals surface area contributed by atoms with Crippen LogP contribution < -0.4 is 9.47 Å². The van der Waals surface area contributed by atoms with Crippen molar-refractivity contribution in [1.29, 1.82) is 0 Å². The molecule has 2 aromatic rings. The first kappa shape index (κ1) is 15.2.